The predicted octanol–water partition coefficient (Wildman–Crippen LogP) is 3.00. The third-order valence-electron chi connectivity index (χ3n) is 5.39. The molecule has 180 valence electrons. The number of nitrogens with one attached hydrogen (secondary N) is 1. The van der Waals surface area contributed by atoms with Crippen molar-refractivity contribution in [1.29, 1.82) is 0 Å². The third-order valence-corrected chi connectivity index (χ3v) is 9.21. The molecular weight excluding hydrogens is 462 g/mol. The summed E-state index contributed by atoms with van der Waals surface area (Å²) >= 11 is 0. The molecule has 0 fully saturated rings. The van der Waals surface area contributed by atoms with Gasteiger partial charge in [0, 0.05) is 36.4 Å². The number of amides is 1. The van der Waals surface area contributed by atoms with Crippen molar-refractivity contribution in [3.63, 3.8) is 0 Å². The monoisotopic (exact) mass is 493 g/mol. The van der Waals surface area contributed by atoms with Gasteiger partial charge in [0.2, 0.25) is 20.0 Å². The summed E-state index contributed by atoms with van der Waals surface area (Å²) in [5.74, 6) is -0.263. The van der Waals surface area contributed by atoms with Crippen molar-refractivity contribution in [2.45, 2.75) is 56.4 Å². The number of benzene rings is 2. The van der Waals surface area contributed by atoms with Crippen LogP contribution in [0.2, 0.25) is 0 Å². The minimum Gasteiger partial charge on any atom is -0.308 e. The molecule has 10 heteroatoms. The normalized spacial score (nSPS) is 14.5. The lowest BCUT2D eigenvalue weighted by Gasteiger charge is -2.21. The van der Waals surface area contributed by atoms with E-state index in [0.29, 0.717) is 37.3 Å². The Bertz CT molecular complexity index is 1240. The first-order valence-electron chi connectivity index (χ1n) is 10.9. The maximum atomic E-state index is 13.1. The Hall–Kier alpha value is -2.27. The number of carbonyl (C=O) groups excluding carboxylic acids is 1. The van der Waals surface area contributed by atoms with Gasteiger partial charge >= 0.3 is 0 Å². The van der Waals surface area contributed by atoms with Crippen LogP contribution in [0, 0.1) is 0 Å². The molecule has 0 unspecified atom stereocenters. The summed E-state index contributed by atoms with van der Waals surface area (Å²) in [7, 11) is -7.27. The first-order chi connectivity index (χ1) is 15.3. The van der Waals surface area contributed by atoms with Crippen LogP contribution in [0.1, 0.15) is 50.5 Å². The lowest BCUT2D eigenvalue weighted by molar-refractivity contribution is 0.0989. The molecule has 1 N–H and O–H groups in total. The Balaban J connectivity index is 1.84. The van der Waals surface area contributed by atoms with E-state index in [0.717, 1.165) is 5.56 Å². The van der Waals surface area contributed by atoms with Crippen LogP contribution in [-0.2, 0) is 26.5 Å². The summed E-state index contributed by atoms with van der Waals surface area (Å²) < 4.78 is 54.6. The first-order valence-corrected chi connectivity index (χ1v) is 13.8. The van der Waals surface area contributed by atoms with E-state index in [1.807, 2.05) is 0 Å². The topological polar surface area (TPSA) is 104 Å². The van der Waals surface area contributed by atoms with Crippen LogP contribution >= 0.6 is 0 Å². The van der Waals surface area contributed by atoms with Crippen LogP contribution in [0.25, 0.3) is 0 Å². The molecule has 0 saturated heterocycles. The highest BCUT2D eigenvalue weighted by atomic mass is 32.2. The summed E-state index contributed by atoms with van der Waals surface area (Å²) in [6.45, 7) is 10.1. The number of hydrogen-bond acceptors (Lipinski definition) is 5. The Kier molecular flexibility index (Phi) is 7.05. The Morgan fingerprint density at radius 1 is 0.970 bits per heavy atom. The van der Waals surface area contributed by atoms with Crippen molar-refractivity contribution in [2.24, 2.45) is 0 Å². The first kappa shape index (κ1) is 25.4. The predicted molar refractivity (Wildman–Crippen MR) is 128 cm³/mol. The number of rotatable bonds is 7. The molecule has 1 heterocycles. The molecule has 33 heavy (non-hydrogen) atoms. The molecule has 1 aliphatic rings. The van der Waals surface area contributed by atoms with E-state index in [1.165, 1.54) is 34.6 Å². The Morgan fingerprint density at radius 3 is 2.09 bits per heavy atom. The molecular formula is C23H31N3O5S2. The SMILES string of the molecule is CCN(CC)S(=O)(=O)c1ccc2c(c1)CCN2C(=O)c1ccc(S(=O)(=O)NC(C)(C)C)cc1. The van der Waals surface area contributed by atoms with Gasteiger partial charge in [0.25, 0.3) is 5.91 Å². The summed E-state index contributed by atoms with van der Waals surface area (Å²) in [5.41, 5.74) is 1.21. The molecule has 0 aromatic heterocycles. The van der Waals surface area contributed by atoms with Gasteiger partial charge in [-0.2, -0.15) is 4.31 Å². The van der Waals surface area contributed by atoms with Crippen LogP contribution in [0.3, 0.4) is 0 Å². The van der Waals surface area contributed by atoms with Crippen LogP contribution in [-0.4, -0.2) is 52.2 Å². The van der Waals surface area contributed by atoms with Gasteiger partial charge in [0.05, 0.1) is 9.79 Å². The highest BCUT2D eigenvalue weighted by Crippen LogP contribution is 2.32. The lowest BCUT2D eigenvalue weighted by atomic mass is 10.1. The number of fused-ring (bicyclic) bond motifs is 1. The molecule has 0 radical (unpaired) electrons. The minimum absolute atomic E-state index is 0.0852. The van der Waals surface area contributed by atoms with Crippen molar-refractivity contribution in [3.05, 3.63) is 53.6 Å². The van der Waals surface area contributed by atoms with Crippen molar-refractivity contribution >= 4 is 31.6 Å². The van der Waals surface area contributed by atoms with Gasteiger partial charge in [-0.3, -0.25) is 4.79 Å². The molecule has 0 saturated carbocycles. The van der Waals surface area contributed by atoms with Gasteiger partial charge in [0.15, 0.2) is 0 Å². The fourth-order valence-electron chi connectivity index (χ4n) is 3.86. The van der Waals surface area contributed by atoms with E-state index in [1.54, 1.807) is 51.7 Å². The Morgan fingerprint density at radius 2 is 1.55 bits per heavy atom. The summed E-state index contributed by atoms with van der Waals surface area (Å²) in [6.07, 6.45) is 0.546. The number of anilines is 1. The molecule has 2 aromatic carbocycles. The van der Waals surface area contributed by atoms with E-state index in [-0.39, 0.29) is 15.7 Å². The second-order valence-electron chi connectivity index (χ2n) is 8.97. The van der Waals surface area contributed by atoms with Gasteiger partial charge in [-0.15, -0.1) is 0 Å². The molecule has 0 atom stereocenters. The number of carbonyl (C=O) groups is 1. The summed E-state index contributed by atoms with van der Waals surface area (Å²) in [4.78, 5) is 15.0. The Labute approximate surface area is 196 Å². The van der Waals surface area contributed by atoms with Crippen LogP contribution in [0.5, 0.6) is 0 Å². The van der Waals surface area contributed by atoms with E-state index in [9.17, 15) is 21.6 Å². The molecule has 8 nitrogen and oxygen atoms in total. The third kappa shape index (κ3) is 5.29. The quantitative estimate of drug-likeness (QED) is 0.639. The average Bonchev–Trinajstić information content (AvgIpc) is 3.15. The standard InChI is InChI=1S/C23H31N3O5S2/c1-6-25(7-2)33(30,31)20-12-13-21-18(16-20)14-15-26(21)22(27)17-8-10-19(11-9-17)32(28,29)24-23(3,4)5/h8-13,16,24H,6-7,14-15H2,1-5H3. The van der Waals surface area contributed by atoms with Crippen molar-refractivity contribution in [3.8, 4) is 0 Å². The highest BCUT2D eigenvalue weighted by Gasteiger charge is 2.29. The van der Waals surface area contributed by atoms with Crippen LogP contribution < -0.4 is 9.62 Å². The maximum absolute atomic E-state index is 13.1. The zero-order chi connectivity index (χ0) is 24.6. The van der Waals surface area contributed by atoms with Gasteiger partial charge < -0.3 is 4.90 Å². The van der Waals surface area contributed by atoms with Crippen molar-refractivity contribution in [2.75, 3.05) is 24.5 Å². The number of sulfonamides is 2. The van der Waals surface area contributed by atoms with E-state index < -0.39 is 25.6 Å². The highest BCUT2D eigenvalue weighted by molar-refractivity contribution is 7.89. The zero-order valence-electron chi connectivity index (χ0n) is 19.6. The van der Waals surface area contributed by atoms with Crippen molar-refractivity contribution in [1.82, 2.24) is 9.03 Å². The van der Waals surface area contributed by atoms with Gasteiger partial charge in [-0.05, 0) is 75.2 Å². The fourth-order valence-corrected chi connectivity index (χ4v) is 6.78. The molecule has 1 amide bonds. The van der Waals surface area contributed by atoms with E-state index >= 15 is 0 Å². The minimum atomic E-state index is -3.69. The molecule has 0 spiro atoms. The summed E-state index contributed by atoms with van der Waals surface area (Å²) in [6, 6.07) is 10.7. The zero-order valence-corrected chi connectivity index (χ0v) is 21.3. The van der Waals surface area contributed by atoms with Gasteiger partial charge in [-0.1, -0.05) is 13.8 Å². The molecule has 0 aliphatic carbocycles. The summed E-state index contributed by atoms with van der Waals surface area (Å²) in [5, 5.41) is 0. The fraction of sp³-hybridized carbons (Fsp3) is 0.435. The molecule has 3 rings (SSSR count). The van der Waals surface area contributed by atoms with Gasteiger partial charge in [0.1, 0.15) is 0 Å². The second kappa shape index (κ2) is 9.17. The van der Waals surface area contributed by atoms with Crippen molar-refractivity contribution < 1.29 is 21.6 Å². The lowest BCUT2D eigenvalue weighted by Crippen LogP contribution is -2.40. The average molecular weight is 494 g/mol. The molecule has 0 bridgehead atoms. The van der Waals surface area contributed by atoms with Crippen LogP contribution in [0.4, 0.5) is 5.69 Å². The smallest absolute Gasteiger partial charge is 0.258 e. The molecule has 2 aromatic rings. The maximum Gasteiger partial charge on any atom is 0.258 e. The molecule has 1 aliphatic heterocycles. The second-order valence-corrected chi connectivity index (χ2v) is 12.6. The number of hydrogen-bond donors (Lipinski definition) is 1. The van der Waals surface area contributed by atoms with Crippen LogP contribution in [0.15, 0.2) is 52.3 Å². The largest absolute Gasteiger partial charge is 0.308 e. The van der Waals surface area contributed by atoms with E-state index in [4.69, 9.17) is 0 Å². The number of nitrogens with zero attached hydrogens (tertiary/aromatic N) is 2. The van der Waals surface area contributed by atoms with E-state index in [2.05, 4.69) is 4.72 Å². The van der Waals surface area contributed by atoms with Gasteiger partial charge in [-0.25, -0.2) is 21.6 Å².